The summed E-state index contributed by atoms with van der Waals surface area (Å²) in [5, 5.41) is 4.17. The number of ether oxygens (including phenoxy) is 1. The number of carbonyl (C=O) groups excluding carboxylic acids is 1. The van der Waals surface area contributed by atoms with E-state index in [0.717, 1.165) is 36.8 Å². The van der Waals surface area contributed by atoms with Gasteiger partial charge in [-0.3, -0.25) is 9.78 Å². The quantitative estimate of drug-likeness (QED) is 0.896. The fraction of sp³-hybridized carbons (Fsp3) is 0.375. The summed E-state index contributed by atoms with van der Waals surface area (Å²) in [5.41, 5.74) is 6.60. The molecule has 0 bridgehead atoms. The second-order valence-electron chi connectivity index (χ2n) is 5.39. The Hall–Kier alpha value is -2.14. The maximum absolute atomic E-state index is 11.6. The van der Waals surface area contributed by atoms with Crippen molar-refractivity contribution in [3.63, 3.8) is 0 Å². The lowest BCUT2D eigenvalue weighted by molar-refractivity contribution is 0.0994. The van der Waals surface area contributed by atoms with Gasteiger partial charge in [-0.25, -0.2) is 0 Å². The largest absolute Gasteiger partial charge is 0.492 e. The number of para-hydroxylation sites is 1. The number of pyridine rings is 1. The fourth-order valence-electron chi connectivity index (χ4n) is 2.70. The van der Waals surface area contributed by atoms with E-state index >= 15 is 0 Å². The molecule has 0 saturated carbocycles. The SMILES string of the molecule is NC(=O)c1cnc2ccccc2c1OCC1CCNCC1. The number of aromatic nitrogens is 1. The van der Waals surface area contributed by atoms with E-state index in [-0.39, 0.29) is 0 Å². The molecule has 0 atom stereocenters. The molecule has 3 N–H and O–H groups in total. The number of hydrogen-bond acceptors (Lipinski definition) is 4. The molecule has 1 fully saturated rings. The van der Waals surface area contributed by atoms with Crippen molar-refractivity contribution < 1.29 is 9.53 Å². The molecule has 0 unspecified atom stereocenters. The summed E-state index contributed by atoms with van der Waals surface area (Å²) in [7, 11) is 0. The van der Waals surface area contributed by atoms with Gasteiger partial charge >= 0.3 is 0 Å². The third-order valence-electron chi connectivity index (χ3n) is 3.91. The number of nitrogens with two attached hydrogens (primary N) is 1. The highest BCUT2D eigenvalue weighted by atomic mass is 16.5. The van der Waals surface area contributed by atoms with Crippen molar-refractivity contribution in [2.45, 2.75) is 12.8 Å². The van der Waals surface area contributed by atoms with Crippen LogP contribution in [0.5, 0.6) is 5.75 Å². The van der Waals surface area contributed by atoms with Crippen molar-refractivity contribution in [2.24, 2.45) is 11.7 Å². The summed E-state index contributed by atoms with van der Waals surface area (Å²) in [4.78, 5) is 15.9. The lowest BCUT2D eigenvalue weighted by atomic mass is 9.99. The molecular formula is C16H19N3O2. The summed E-state index contributed by atoms with van der Waals surface area (Å²) < 4.78 is 5.98. The molecule has 1 aliphatic rings. The Kier molecular flexibility index (Phi) is 4.01. The monoisotopic (exact) mass is 285 g/mol. The molecule has 5 nitrogen and oxygen atoms in total. The molecule has 1 aliphatic heterocycles. The summed E-state index contributed by atoms with van der Waals surface area (Å²) in [5.74, 6) is 0.569. The van der Waals surface area contributed by atoms with Gasteiger partial charge in [0.1, 0.15) is 11.3 Å². The van der Waals surface area contributed by atoms with Gasteiger partial charge in [0.25, 0.3) is 5.91 Å². The van der Waals surface area contributed by atoms with Crippen LogP contribution in [0.1, 0.15) is 23.2 Å². The third kappa shape index (κ3) is 2.97. The van der Waals surface area contributed by atoms with Crippen LogP contribution in [0.2, 0.25) is 0 Å². The number of primary amides is 1. The zero-order chi connectivity index (χ0) is 14.7. The predicted molar refractivity (Wildman–Crippen MR) is 81.3 cm³/mol. The summed E-state index contributed by atoms with van der Waals surface area (Å²) in [6.45, 7) is 2.65. The fourth-order valence-corrected chi connectivity index (χ4v) is 2.70. The number of nitrogens with one attached hydrogen (secondary N) is 1. The minimum absolute atomic E-state index is 0.350. The van der Waals surface area contributed by atoms with Crippen molar-refractivity contribution in [3.8, 4) is 5.75 Å². The molecule has 0 aliphatic carbocycles. The van der Waals surface area contributed by atoms with E-state index < -0.39 is 5.91 Å². The van der Waals surface area contributed by atoms with E-state index in [1.54, 1.807) is 0 Å². The minimum Gasteiger partial charge on any atom is -0.492 e. The number of fused-ring (bicyclic) bond motifs is 1. The van der Waals surface area contributed by atoms with Crippen molar-refractivity contribution in [1.82, 2.24) is 10.3 Å². The highest BCUT2D eigenvalue weighted by Gasteiger charge is 2.18. The molecule has 1 aromatic carbocycles. The van der Waals surface area contributed by atoms with Crippen LogP contribution in [0, 0.1) is 5.92 Å². The van der Waals surface area contributed by atoms with Crippen LogP contribution in [-0.4, -0.2) is 30.6 Å². The van der Waals surface area contributed by atoms with Crippen molar-refractivity contribution >= 4 is 16.8 Å². The molecule has 3 rings (SSSR count). The molecule has 0 spiro atoms. The van der Waals surface area contributed by atoms with Crippen LogP contribution in [-0.2, 0) is 0 Å². The Labute approximate surface area is 123 Å². The molecule has 1 saturated heterocycles. The van der Waals surface area contributed by atoms with E-state index in [9.17, 15) is 4.79 Å². The number of piperidine rings is 1. The van der Waals surface area contributed by atoms with Crippen molar-refractivity contribution in [3.05, 3.63) is 36.0 Å². The van der Waals surface area contributed by atoms with Gasteiger partial charge in [-0.1, -0.05) is 12.1 Å². The maximum Gasteiger partial charge on any atom is 0.254 e. The Bertz CT molecular complexity index is 651. The Morgan fingerprint density at radius 3 is 2.86 bits per heavy atom. The smallest absolute Gasteiger partial charge is 0.254 e. The molecule has 0 radical (unpaired) electrons. The van der Waals surface area contributed by atoms with Crippen LogP contribution in [0.15, 0.2) is 30.5 Å². The first-order valence-corrected chi connectivity index (χ1v) is 7.27. The van der Waals surface area contributed by atoms with Gasteiger partial charge in [-0.15, -0.1) is 0 Å². The average Bonchev–Trinajstić information content (AvgIpc) is 2.53. The van der Waals surface area contributed by atoms with E-state index in [1.807, 2.05) is 24.3 Å². The number of rotatable bonds is 4. The Balaban J connectivity index is 1.90. The van der Waals surface area contributed by atoms with Crippen LogP contribution in [0.3, 0.4) is 0 Å². The highest BCUT2D eigenvalue weighted by molar-refractivity contribution is 6.01. The zero-order valence-corrected chi connectivity index (χ0v) is 11.8. The van der Waals surface area contributed by atoms with Crippen LogP contribution >= 0.6 is 0 Å². The standard InChI is InChI=1S/C16H19N3O2/c17-16(20)13-9-19-14-4-2-1-3-12(14)15(13)21-10-11-5-7-18-8-6-11/h1-4,9,11,18H,5-8,10H2,(H2,17,20). The number of amides is 1. The maximum atomic E-state index is 11.6. The lowest BCUT2D eigenvalue weighted by Crippen LogP contribution is -2.30. The van der Waals surface area contributed by atoms with Crippen LogP contribution in [0.4, 0.5) is 0 Å². The number of carbonyl (C=O) groups is 1. The van der Waals surface area contributed by atoms with E-state index in [4.69, 9.17) is 10.5 Å². The predicted octanol–water partition coefficient (Wildman–Crippen LogP) is 1.71. The molecule has 2 heterocycles. The number of benzene rings is 1. The molecule has 5 heteroatoms. The average molecular weight is 285 g/mol. The minimum atomic E-state index is -0.506. The first-order valence-electron chi connectivity index (χ1n) is 7.27. The highest BCUT2D eigenvalue weighted by Crippen LogP contribution is 2.29. The zero-order valence-electron chi connectivity index (χ0n) is 11.8. The van der Waals surface area contributed by atoms with E-state index in [2.05, 4.69) is 10.3 Å². The molecule has 1 amide bonds. The van der Waals surface area contributed by atoms with Crippen molar-refractivity contribution in [1.29, 1.82) is 0 Å². The lowest BCUT2D eigenvalue weighted by Gasteiger charge is -2.23. The number of hydrogen-bond donors (Lipinski definition) is 2. The summed E-state index contributed by atoms with van der Waals surface area (Å²) >= 11 is 0. The molecule has 21 heavy (non-hydrogen) atoms. The number of nitrogens with zero attached hydrogens (tertiary/aromatic N) is 1. The second kappa shape index (κ2) is 6.10. The van der Waals surface area contributed by atoms with Gasteiger partial charge in [-0.2, -0.15) is 0 Å². The first kappa shape index (κ1) is 13.8. The molecular weight excluding hydrogens is 266 g/mol. The second-order valence-corrected chi connectivity index (χ2v) is 5.39. The van der Waals surface area contributed by atoms with Gasteiger partial charge in [0.2, 0.25) is 0 Å². The van der Waals surface area contributed by atoms with Crippen LogP contribution < -0.4 is 15.8 Å². The normalized spacial score (nSPS) is 16.0. The van der Waals surface area contributed by atoms with Gasteiger partial charge in [0.05, 0.1) is 12.1 Å². The van der Waals surface area contributed by atoms with Gasteiger partial charge in [-0.05, 0) is 44.0 Å². The Morgan fingerprint density at radius 1 is 1.33 bits per heavy atom. The van der Waals surface area contributed by atoms with Crippen LogP contribution in [0.25, 0.3) is 10.9 Å². The molecule has 2 aromatic rings. The van der Waals surface area contributed by atoms with Crippen molar-refractivity contribution in [2.75, 3.05) is 19.7 Å². The summed E-state index contributed by atoms with van der Waals surface area (Å²) in [6.07, 6.45) is 3.69. The first-order chi connectivity index (χ1) is 10.3. The van der Waals surface area contributed by atoms with E-state index in [0.29, 0.717) is 23.8 Å². The van der Waals surface area contributed by atoms with Gasteiger partial charge in [0.15, 0.2) is 0 Å². The van der Waals surface area contributed by atoms with Gasteiger partial charge in [0, 0.05) is 11.6 Å². The molecule has 110 valence electrons. The van der Waals surface area contributed by atoms with E-state index in [1.165, 1.54) is 6.20 Å². The van der Waals surface area contributed by atoms with Gasteiger partial charge < -0.3 is 15.8 Å². The summed E-state index contributed by atoms with van der Waals surface area (Å²) in [6, 6.07) is 7.63. The Morgan fingerprint density at radius 2 is 2.10 bits per heavy atom. The molecule has 1 aromatic heterocycles. The third-order valence-corrected chi connectivity index (χ3v) is 3.91. The topological polar surface area (TPSA) is 77.2 Å².